The summed E-state index contributed by atoms with van der Waals surface area (Å²) in [5.41, 5.74) is 8.81. The summed E-state index contributed by atoms with van der Waals surface area (Å²) in [6.07, 6.45) is 2.08. The topological polar surface area (TPSA) is 44.5 Å². The second kappa shape index (κ2) is 6.21. The van der Waals surface area contributed by atoms with E-state index in [0.29, 0.717) is 12.5 Å². The molecule has 0 amide bonds. The number of hydrogen-bond donors (Lipinski definition) is 1. The zero-order valence-corrected chi connectivity index (χ0v) is 11.3. The van der Waals surface area contributed by atoms with Crippen LogP contribution in [0.5, 0.6) is 5.75 Å². The van der Waals surface area contributed by atoms with Crippen LogP contribution in [0.15, 0.2) is 18.2 Å². The molecule has 2 rings (SSSR count). The maximum Gasteiger partial charge on any atom is 0.124 e. The summed E-state index contributed by atoms with van der Waals surface area (Å²) in [5.74, 6) is 1.43. The van der Waals surface area contributed by atoms with Crippen molar-refractivity contribution in [1.29, 1.82) is 0 Å². The maximum atomic E-state index is 6.43. The molecule has 3 heteroatoms. The third-order valence-corrected chi connectivity index (χ3v) is 3.60. The number of ether oxygens (including phenoxy) is 2. The lowest BCUT2D eigenvalue weighted by molar-refractivity contribution is 0.0580. The zero-order valence-electron chi connectivity index (χ0n) is 11.3. The lowest BCUT2D eigenvalue weighted by Gasteiger charge is -2.29. The monoisotopic (exact) mass is 249 g/mol. The Hall–Kier alpha value is -1.06. The third-order valence-electron chi connectivity index (χ3n) is 3.60. The normalized spacial score (nSPS) is 18.6. The van der Waals surface area contributed by atoms with Gasteiger partial charge < -0.3 is 15.2 Å². The fraction of sp³-hybridized carbons (Fsp3) is 0.600. The molecular weight excluding hydrogens is 226 g/mol. The molecule has 0 aromatic heterocycles. The van der Waals surface area contributed by atoms with Gasteiger partial charge >= 0.3 is 0 Å². The van der Waals surface area contributed by atoms with E-state index in [0.717, 1.165) is 37.4 Å². The van der Waals surface area contributed by atoms with Crippen molar-refractivity contribution in [2.75, 3.05) is 19.8 Å². The van der Waals surface area contributed by atoms with Gasteiger partial charge in [0, 0.05) is 24.8 Å². The smallest absolute Gasteiger partial charge is 0.124 e. The second-order valence-electron chi connectivity index (χ2n) is 4.95. The van der Waals surface area contributed by atoms with Gasteiger partial charge in [0.05, 0.1) is 6.61 Å². The van der Waals surface area contributed by atoms with Crippen LogP contribution in [0.2, 0.25) is 0 Å². The van der Waals surface area contributed by atoms with E-state index in [-0.39, 0.29) is 6.04 Å². The zero-order chi connectivity index (χ0) is 13.0. The second-order valence-corrected chi connectivity index (χ2v) is 4.95. The summed E-state index contributed by atoms with van der Waals surface area (Å²) in [4.78, 5) is 0. The van der Waals surface area contributed by atoms with Crippen molar-refractivity contribution in [2.45, 2.75) is 32.7 Å². The van der Waals surface area contributed by atoms with Crippen LogP contribution >= 0.6 is 0 Å². The Kier molecular flexibility index (Phi) is 4.61. The minimum atomic E-state index is 0.0512. The molecule has 0 bridgehead atoms. The lowest BCUT2D eigenvalue weighted by Crippen LogP contribution is -2.27. The fourth-order valence-electron chi connectivity index (χ4n) is 2.54. The van der Waals surface area contributed by atoms with Crippen LogP contribution < -0.4 is 10.5 Å². The van der Waals surface area contributed by atoms with E-state index in [1.54, 1.807) is 0 Å². The Labute approximate surface area is 109 Å². The fourth-order valence-corrected chi connectivity index (χ4v) is 2.54. The van der Waals surface area contributed by atoms with Gasteiger partial charge in [-0.3, -0.25) is 0 Å². The molecule has 2 N–H and O–H groups in total. The Balaban J connectivity index is 2.21. The molecule has 18 heavy (non-hydrogen) atoms. The largest absolute Gasteiger partial charge is 0.494 e. The Morgan fingerprint density at radius 1 is 1.39 bits per heavy atom. The van der Waals surface area contributed by atoms with Crippen LogP contribution in [0.4, 0.5) is 0 Å². The standard InChI is InChI=1S/C15H23NO2/c1-3-18-14-5-4-11(2)10-13(14)15(16)12-6-8-17-9-7-12/h4-5,10,12,15H,3,6-9,16H2,1-2H3. The van der Waals surface area contributed by atoms with E-state index in [1.807, 2.05) is 13.0 Å². The predicted octanol–water partition coefficient (Wildman–Crippen LogP) is 2.82. The molecule has 1 fully saturated rings. The molecule has 0 aliphatic carbocycles. The van der Waals surface area contributed by atoms with Gasteiger partial charge in [0.1, 0.15) is 5.75 Å². The van der Waals surface area contributed by atoms with Crippen LogP contribution in [0.1, 0.15) is 36.9 Å². The van der Waals surface area contributed by atoms with Crippen LogP contribution in [-0.2, 0) is 4.74 Å². The summed E-state index contributed by atoms with van der Waals surface area (Å²) in [5, 5.41) is 0. The summed E-state index contributed by atoms with van der Waals surface area (Å²) >= 11 is 0. The van der Waals surface area contributed by atoms with E-state index in [4.69, 9.17) is 15.2 Å². The first-order valence-corrected chi connectivity index (χ1v) is 6.79. The average Bonchev–Trinajstić information content (AvgIpc) is 2.41. The van der Waals surface area contributed by atoms with Crippen LogP contribution in [0, 0.1) is 12.8 Å². The maximum absolute atomic E-state index is 6.43. The summed E-state index contributed by atoms with van der Waals surface area (Å²) < 4.78 is 11.1. The first-order valence-electron chi connectivity index (χ1n) is 6.79. The van der Waals surface area contributed by atoms with Gasteiger partial charge in [0.2, 0.25) is 0 Å². The molecule has 1 aromatic carbocycles. The highest BCUT2D eigenvalue weighted by Gasteiger charge is 2.24. The van der Waals surface area contributed by atoms with Crippen molar-refractivity contribution in [2.24, 2.45) is 11.7 Å². The van der Waals surface area contributed by atoms with Crippen molar-refractivity contribution in [3.63, 3.8) is 0 Å². The molecule has 1 atom stereocenters. The molecule has 1 unspecified atom stereocenters. The molecule has 1 aromatic rings. The van der Waals surface area contributed by atoms with Crippen molar-refractivity contribution < 1.29 is 9.47 Å². The third kappa shape index (κ3) is 3.03. The van der Waals surface area contributed by atoms with Crippen LogP contribution in [0.25, 0.3) is 0 Å². The Bertz CT molecular complexity index is 386. The molecule has 1 saturated heterocycles. The number of nitrogens with two attached hydrogens (primary N) is 1. The van der Waals surface area contributed by atoms with E-state index in [9.17, 15) is 0 Å². The van der Waals surface area contributed by atoms with Crippen molar-refractivity contribution in [3.05, 3.63) is 29.3 Å². The van der Waals surface area contributed by atoms with Gasteiger partial charge in [-0.05, 0) is 38.7 Å². The van der Waals surface area contributed by atoms with Crippen molar-refractivity contribution >= 4 is 0 Å². The molecule has 1 aliphatic heterocycles. The number of aryl methyl sites for hydroxylation is 1. The number of benzene rings is 1. The lowest BCUT2D eigenvalue weighted by atomic mass is 9.87. The minimum Gasteiger partial charge on any atom is -0.494 e. The highest BCUT2D eigenvalue weighted by atomic mass is 16.5. The van der Waals surface area contributed by atoms with E-state index in [2.05, 4.69) is 19.1 Å². The first kappa shape index (κ1) is 13.4. The Morgan fingerprint density at radius 3 is 2.78 bits per heavy atom. The summed E-state index contributed by atoms with van der Waals surface area (Å²) in [6, 6.07) is 6.32. The molecule has 0 saturated carbocycles. The molecule has 0 spiro atoms. The van der Waals surface area contributed by atoms with E-state index in [1.165, 1.54) is 5.56 Å². The van der Waals surface area contributed by atoms with Crippen molar-refractivity contribution in [3.8, 4) is 5.75 Å². The van der Waals surface area contributed by atoms with Gasteiger partial charge in [-0.1, -0.05) is 17.7 Å². The van der Waals surface area contributed by atoms with Gasteiger partial charge in [-0.15, -0.1) is 0 Å². The summed E-state index contributed by atoms with van der Waals surface area (Å²) in [6.45, 7) is 6.43. The molecule has 100 valence electrons. The SMILES string of the molecule is CCOc1ccc(C)cc1C(N)C1CCOCC1. The first-order chi connectivity index (χ1) is 8.72. The number of rotatable bonds is 4. The predicted molar refractivity (Wildman–Crippen MR) is 72.8 cm³/mol. The van der Waals surface area contributed by atoms with Gasteiger partial charge in [0.25, 0.3) is 0 Å². The molecule has 3 nitrogen and oxygen atoms in total. The number of hydrogen-bond acceptors (Lipinski definition) is 3. The van der Waals surface area contributed by atoms with Crippen LogP contribution in [0.3, 0.4) is 0 Å². The Morgan fingerprint density at radius 2 is 2.11 bits per heavy atom. The van der Waals surface area contributed by atoms with Crippen LogP contribution in [-0.4, -0.2) is 19.8 Å². The van der Waals surface area contributed by atoms with E-state index < -0.39 is 0 Å². The quantitative estimate of drug-likeness (QED) is 0.892. The van der Waals surface area contributed by atoms with Gasteiger partial charge in [-0.25, -0.2) is 0 Å². The molecule has 1 heterocycles. The average molecular weight is 249 g/mol. The van der Waals surface area contributed by atoms with Gasteiger partial charge in [-0.2, -0.15) is 0 Å². The molecule has 0 radical (unpaired) electrons. The molecular formula is C15H23NO2. The summed E-state index contributed by atoms with van der Waals surface area (Å²) in [7, 11) is 0. The molecule has 1 aliphatic rings. The highest BCUT2D eigenvalue weighted by Crippen LogP contribution is 2.33. The minimum absolute atomic E-state index is 0.0512. The van der Waals surface area contributed by atoms with E-state index >= 15 is 0 Å². The van der Waals surface area contributed by atoms with Crippen molar-refractivity contribution in [1.82, 2.24) is 0 Å². The highest BCUT2D eigenvalue weighted by molar-refractivity contribution is 5.39. The van der Waals surface area contributed by atoms with Gasteiger partial charge in [0.15, 0.2) is 0 Å².